The van der Waals surface area contributed by atoms with Crippen LogP contribution >= 0.6 is 0 Å². The zero-order chi connectivity index (χ0) is 34.9. The Kier molecular flexibility index (Phi) is 11.1. The molecule has 3 aliphatic carbocycles. The van der Waals surface area contributed by atoms with E-state index in [0.29, 0.717) is 5.56 Å². The summed E-state index contributed by atoms with van der Waals surface area (Å²) in [5.74, 6) is -4.33. The highest BCUT2D eigenvalue weighted by Crippen LogP contribution is 2.62. The van der Waals surface area contributed by atoms with Crippen LogP contribution in [0.5, 0.6) is 0 Å². The van der Waals surface area contributed by atoms with Gasteiger partial charge < -0.3 is 45.2 Å². The van der Waals surface area contributed by atoms with Crippen molar-refractivity contribution in [2.24, 2.45) is 23.7 Å². The monoisotopic (exact) mass is 656 g/mol. The minimum Gasteiger partial charge on any atom is -0.487 e. The molecule has 0 heterocycles. The Hall–Kier alpha value is -2.67. The van der Waals surface area contributed by atoms with Gasteiger partial charge >= 0.3 is 0 Å². The predicted molar refractivity (Wildman–Crippen MR) is 177 cm³/mol. The lowest BCUT2D eigenvalue weighted by atomic mass is 9.53. The maximum Gasteiger partial charge on any atom is 0.178 e. The number of rotatable bonds is 12. The second kappa shape index (κ2) is 14.1. The fourth-order valence-corrected chi connectivity index (χ4v) is 8.22. The lowest BCUT2D eigenvalue weighted by molar-refractivity contribution is -0.266. The van der Waals surface area contributed by atoms with E-state index in [2.05, 4.69) is 13.2 Å². The van der Waals surface area contributed by atoms with Gasteiger partial charge in [-0.1, -0.05) is 76.4 Å². The van der Waals surface area contributed by atoms with Crippen LogP contribution in [-0.2, 0) is 14.3 Å². The fraction of sp³-hybridized carbons (Fsp3) is 0.595. The summed E-state index contributed by atoms with van der Waals surface area (Å²) >= 11 is 0. The summed E-state index contributed by atoms with van der Waals surface area (Å²) in [5, 5.41) is 85.1. The average Bonchev–Trinajstić information content (AvgIpc) is 3.26. The van der Waals surface area contributed by atoms with Crippen LogP contribution in [0.25, 0.3) is 5.76 Å². The molecule has 0 bridgehead atoms. The number of allylic oxidation sites excluding steroid dienone is 3. The van der Waals surface area contributed by atoms with Crippen molar-refractivity contribution in [3.8, 4) is 0 Å². The summed E-state index contributed by atoms with van der Waals surface area (Å²) in [6.07, 6.45) is -0.231. The Morgan fingerprint density at radius 3 is 2.23 bits per heavy atom. The molecule has 1 aromatic rings. The van der Waals surface area contributed by atoms with Crippen molar-refractivity contribution in [3.63, 3.8) is 0 Å². The van der Waals surface area contributed by atoms with Gasteiger partial charge in [0, 0.05) is 11.5 Å². The van der Waals surface area contributed by atoms with Gasteiger partial charge in [0.2, 0.25) is 0 Å². The number of carbonyl (C=O) groups is 1. The van der Waals surface area contributed by atoms with Crippen molar-refractivity contribution in [2.75, 3.05) is 13.2 Å². The van der Waals surface area contributed by atoms with E-state index >= 15 is 0 Å². The predicted octanol–water partition coefficient (Wildman–Crippen LogP) is 2.45. The van der Waals surface area contributed by atoms with Crippen molar-refractivity contribution >= 4 is 11.5 Å². The Balaban J connectivity index is 1.79. The van der Waals surface area contributed by atoms with Crippen LogP contribution in [0.4, 0.5) is 0 Å². The molecule has 47 heavy (non-hydrogen) atoms. The summed E-state index contributed by atoms with van der Waals surface area (Å²) in [5.41, 5.74) is -8.23. The van der Waals surface area contributed by atoms with Gasteiger partial charge in [0.1, 0.15) is 34.8 Å². The number of aliphatic hydroxyl groups excluding tert-OH is 3. The number of carbonyl (C=O) groups excluding carboxylic acids is 1. The first-order valence-corrected chi connectivity index (χ1v) is 16.5. The standard InChI is InChI=1S/C37H52O10/c1-7-8-16-27(38)17-12-13-18-46-21-35(43)31(40)29-32(47-25(6)26-14-10-9-11-15-26)34(42,22(2)3)20-24(5)36(29,44)28-19-23(4)30(39)37(28,45)33(35)41/h8-12,14-17,23-24,28-33,39-45H,2,6-7,13,18-21H2,1,3-5H3. The van der Waals surface area contributed by atoms with E-state index in [1.807, 2.05) is 13.0 Å². The third kappa shape index (κ3) is 6.31. The molecular weight excluding hydrogens is 604 g/mol. The number of fused-ring (bicyclic) bond motifs is 3. The Morgan fingerprint density at radius 2 is 1.62 bits per heavy atom. The summed E-state index contributed by atoms with van der Waals surface area (Å²) < 4.78 is 12.1. The summed E-state index contributed by atoms with van der Waals surface area (Å²) in [7, 11) is 0. The van der Waals surface area contributed by atoms with E-state index in [1.165, 1.54) is 12.2 Å². The number of ketones is 1. The molecule has 1 aromatic carbocycles. The van der Waals surface area contributed by atoms with E-state index in [9.17, 15) is 40.5 Å². The Bertz CT molecular complexity index is 1360. The molecule has 3 aliphatic rings. The molecule has 3 fully saturated rings. The first-order valence-electron chi connectivity index (χ1n) is 16.5. The molecule has 0 spiro atoms. The SMILES string of the molecule is C=C(OC1C2C(O)C(O)(COCCC=CC(=O)C=CCC)C(O)C3(O)C(O)C(C)CC3C2(O)C(C)CC1(O)C(=C)C)c1ccccc1. The summed E-state index contributed by atoms with van der Waals surface area (Å²) in [4.78, 5) is 11.9. The normalized spacial score (nSPS) is 41.8. The van der Waals surface area contributed by atoms with E-state index < -0.39 is 77.1 Å². The van der Waals surface area contributed by atoms with Crippen LogP contribution in [0.2, 0.25) is 0 Å². The highest BCUT2D eigenvalue weighted by atomic mass is 16.5. The number of hydrogen-bond donors (Lipinski definition) is 7. The molecule has 0 radical (unpaired) electrons. The molecule has 0 saturated heterocycles. The third-order valence-electron chi connectivity index (χ3n) is 10.9. The molecule has 0 aromatic heterocycles. The van der Waals surface area contributed by atoms with Crippen LogP contribution in [0.1, 0.15) is 58.9 Å². The fourth-order valence-electron chi connectivity index (χ4n) is 8.22. The van der Waals surface area contributed by atoms with Crippen LogP contribution < -0.4 is 0 Å². The van der Waals surface area contributed by atoms with E-state index in [0.717, 1.165) is 6.42 Å². The molecule has 0 aliphatic heterocycles. The van der Waals surface area contributed by atoms with Gasteiger partial charge in [0.25, 0.3) is 0 Å². The second-order valence-corrected chi connectivity index (χ2v) is 13.9. The zero-order valence-corrected chi connectivity index (χ0v) is 27.8. The first kappa shape index (κ1) is 37.2. The van der Waals surface area contributed by atoms with E-state index in [1.54, 1.807) is 57.2 Å². The summed E-state index contributed by atoms with van der Waals surface area (Å²) in [6, 6.07) is 8.84. The number of ether oxygens (including phenoxy) is 2. The van der Waals surface area contributed by atoms with Gasteiger partial charge in [0.05, 0.1) is 36.9 Å². The number of hydrogen-bond acceptors (Lipinski definition) is 10. The maximum atomic E-state index is 12.9. The van der Waals surface area contributed by atoms with E-state index in [-0.39, 0.29) is 43.0 Å². The maximum absolute atomic E-state index is 12.9. The largest absolute Gasteiger partial charge is 0.487 e. The van der Waals surface area contributed by atoms with Gasteiger partial charge in [-0.25, -0.2) is 0 Å². The van der Waals surface area contributed by atoms with Crippen molar-refractivity contribution in [2.45, 2.75) is 100 Å². The van der Waals surface area contributed by atoms with Crippen molar-refractivity contribution in [1.82, 2.24) is 0 Å². The molecule has 4 rings (SSSR count). The van der Waals surface area contributed by atoms with Gasteiger partial charge in [-0.05, 0) is 62.2 Å². The van der Waals surface area contributed by atoms with Crippen molar-refractivity contribution in [1.29, 1.82) is 0 Å². The molecule has 0 amide bonds. The van der Waals surface area contributed by atoms with Gasteiger partial charge in [-0.2, -0.15) is 0 Å². The molecule has 12 unspecified atom stereocenters. The molecule has 10 nitrogen and oxygen atoms in total. The average molecular weight is 657 g/mol. The minimum atomic E-state index is -2.67. The molecule has 3 saturated carbocycles. The number of benzene rings is 1. The van der Waals surface area contributed by atoms with Crippen LogP contribution in [0, 0.1) is 23.7 Å². The van der Waals surface area contributed by atoms with Crippen molar-refractivity contribution < 1.29 is 50.0 Å². The smallest absolute Gasteiger partial charge is 0.178 e. The highest BCUT2D eigenvalue weighted by Gasteiger charge is 2.78. The first-order chi connectivity index (χ1) is 22.0. The molecule has 12 atom stereocenters. The van der Waals surface area contributed by atoms with Crippen LogP contribution in [0.15, 0.2) is 73.4 Å². The zero-order valence-electron chi connectivity index (χ0n) is 27.8. The molecule has 10 heteroatoms. The second-order valence-electron chi connectivity index (χ2n) is 13.9. The van der Waals surface area contributed by atoms with E-state index in [4.69, 9.17) is 9.47 Å². The van der Waals surface area contributed by atoms with Crippen LogP contribution in [-0.4, -0.2) is 102 Å². The topological polar surface area (TPSA) is 177 Å². The van der Waals surface area contributed by atoms with Crippen molar-refractivity contribution in [3.05, 3.63) is 78.9 Å². The Morgan fingerprint density at radius 1 is 0.979 bits per heavy atom. The third-order valence-corrected chi connectivity index (χ3v) is 10.9. The lowest BCUT2D eigenvalue weighted by Gasteiger charge is -2.59. The molecule has 7 N–H and O–H groups in total. The number of aliphatic hydroxyl groups is 7. The van der Waals surface area contributed by atoms with Gasteiger partial charge in [0.15, 0.2) is 5.78 Å². The van der Waals surface area contributed by atoms with Gasteiger partial charge in [-0.3, -0.25) is 4.79 Å². The van der Waals surface area contributed by atoms with Gasteiger partial charge in [-0.15, -0.1) is 0 Å². The minimum absolute atomic E-state index is 0.0321. The molecule has 260 valence electrons. The Labute approximate surface area is 277 Å². The quantitative estimate of drug-likeness (QED) is 0.0766. The highest BCUT2D eigenvalue weighted by molar-refractivity contribution is 5.99. The molecular formula is C37H52O10. The van der Waals surface area contributed by atoms with Crippen LogP contribution in [0.3, 0.4) is 0 Å². The summed E-state index contributed by atoms with van der Waals surface area (Å²) in [6.45, 7) is 14.1. The lowest BCUT2D eigenvalue weighted by Crippen LogP contribution is -2.71.